The van der Waals surface area contributed by atoms with Gasteiger partial charge in [0.05, 0.1) is 4.92 Å². The highest BCUT2D eigenvalue weighted by Gasteiger charge is 2.11. The van der Waals surface area contributed by atoms with Crippen LogP contribution in [0, 0.1) is 10.1 Å². The molecule has 120 valence electrons. The van der Waals surface area contributed by atoms with Crippen LogP contribution in [0.5, 0.6) is 0 Å². The molecule has 1 aliphatic heterocycles. The van der Waals surface area contributed by atoms with Crippen molar-refractivity contribution in [2.75, 3.05) is 0 Å². The van der Waals surface area contributed by atoms with Crippen LogP contribution >= 0.6 is 0 Å². The zero-order chi connectivity index (χ0) is 16.2. The summed E-state index contributed by atoms with van der Waals surface area (Å²) in [7, 11) is 0. The standard InChI is InChI=1S/C15H17N5O3/c21-15(3-4-19-10-14(9-18-19)20(22)23)17-6-11-1-2-12-7-16-8-13(12)5-11/h1-2,5,9-10,16H,3-4,6-8H2,(H,17,21). The Morgan fingerprint density at radius 2 is 2.22 bits per heavy atom. The number of nitro groups is 1. The van der Waals surface area contributed by atoms with Gasteiger partial charge in [0.2, 0.25) is 5.91 Å². The second-order valence-corrected chi connectivity index (χ2v) is 5.45. The second-order valence-electron chi connectivity index (χ2n) is 5.45. The number of aromatic nitrogens is 2. The fourth-order valence-electron chi connectivity index (χ4n) is 2.53. The lowest BCUT2D eigenvalue weighted by Crippen LogP contribution is -2.24. The number of nitrogens with zero attached hydrogens (tertiary/aromatic N) is 3. The molecular weight excluding hydrogens is 298 g/mol. The van der Waals surface area contributed by atoms with Crippen LogP contribution in [0.25, 0.3) is 0 Å². The third-order valence-corrected chi connectivity index (χ3v) is 3.79. The molecule has 0 radical (unpaired) electrons. The van der Waals surface area contributed by atoms with Gasteiger partial charge in [-0.2, -0.15) is 5.10 Å². The summed E-state index contributed by atoms with van der Waals surface area (Å²) >= 11 is 0. The molecule has 1 aliphatic rings. The summed E-state index contributed by atoms with van der Waals surface area (Å²) in [5.41, 5.74) is 3.58. The van der Waals surface area contributed by atoms with Crippen LogP contribution in [-0.4, -0.2) is 20.6 Å². The van der Waals surface area contributed by atoms with Crippen LogP contribution in [0.4, 0.5) is 5.69 Å². The van der Waals surface area contributed by atoms with Gasteiger partial charge in [-0.3, -0.25) is 19.6 Å². The maximum absolute atomic E-state index is 11.9. The highest BCUT2D eigenvalue weighted by atomic mass is 16.6. The number of aryl methyl sites for hydroxylation is 1. The Morgan fingerprint density at radius 1 is 1.39 bits per heavy atom. The average molecular weight is 315 g/mol. The fraction of sp³-hybridized carbons (Fsp3) is 0.333. The maximum atomic E-state index is 11.9. The highest BCUT2D eigenvalue weighted by Crippen LogP contribution is 2.16. The van der Waals surface area contributed by atoms with Crippen LogP contribution < -0.4 is 10.6 Å². The maximum Gasteiger partial charge on any atom is 0.306 e. The fourth-order valence-corrected chi connectivity index (χ4v) is 2.53. The second kappa shape index (κ2) is 6.57. The predicted molar refractivity (Wildman–Crippen MR) is 82.3 cm³/mol. The molecular formula is C15H17N5O3. The van der Waals surface area contributed by atoms with E-state index in [1.165, 1.54) is 28.2 Å². The molecule has 0 atom stereocenters. The number of amides is 1. The van der Waals surface area contributed by atoms with E-state index in [-0.39, 0.29) is 18.0 Å². The number of benzene rings is 1. The van der Waals surface area contributed by atoms with Crippen molar-refractivity contribution in [3.8, 4) is 0 Å². The van der Waals surface area contributed by atoms with Crippen molar-refractivity contribution in [2.24, 2.45) is 0 Å². The van der Waals surface area contributed by atoms with Gasteiger partial charge < -0.3 is 10.6 Å². The highest BCUT2D eigenvalue weighted by molar-refractivity contribution is 5.75. The molecule has 3 rings (SSSR count). The molecule has 0 aliphatic carbocycles. The first kappa shape index (κ1) is 15.2. The lowest BCUT2D eigenvalue weighted by atomic mass is 10.1. The first-order valence-electron chi connectivity index (χ1n) is 7.37. The summed E-state index contributed by atoms with van der Waals surface area (Å²) in [6.45, 7) is 2.56. The van der Waals surface area contributed by atoms with Crippen LogP contribution in [0.15, 0.2) is 30.6 Å². The van der Waals surface area contributed by atoms with Crippen LogP contribution in [0.1, 0.15) is 23.1 Å². The van der Waals surface area contributed by atoms with Gasteiger partial charge in [-0.15, -0.1) is 0 Å². The molecule has 0 saturated carbocycles. The van der Waals surface area contributed by atoms with Crippen LogP contribution in [-0.2, 0) is 31.0 Å². The topological polar surface area (TPSA) is 102 Å². The number of carbonyl (C=O) groups is 1. The number of rotatable bonds is 6. The molecule has 1 aromatic heterocycles. The summed E-state index contributed by atoms with van der Waals surface area (Å²) in [4.78, 5) is 21.9. The van der Waals surface area contributed by atoms with Gasteiger partial charge >= 0.3 is 5.69 Å². The predicted octanol–water partition coefficient (Wildman–Crippen LogP) is 1.10. The largest absolute Gasteiger partial charge is 0.352 e. The van der Waals surface area contributed by atoms with Gasteiger partial charge in [0.15, 0.2) is 0 Å². The zero-order valence-corrected chi connectivity index (χ0v) is 12.5. The van der Waals surface area contributed by atoms with E-state index in [1.54, 1.807) is 0 Å². The van der Waals surface area contributed by atoms with E-state index in [4.69, 9.17) is 0 Å². The number of fused-ring (bicyclic) bond motifs is 1. The Morgan fingerprint density at radius 3 is 3.00 bits per heavy atom. The number of carbonyl (C=O) groups excluding carboxylic acids is 1. The van der Waals surface area contributed by atoms with Crippen molar-refractivity contribution < 1.29 is 9.72 Å². The van der Waals surface area contributed by atoms with Crippen molar-refractivity contribution in [3.63, 3.8) is 0 Å². The molecule has 0 unspecified atom stereocenters. The molecule has 0 fully saturated rings. The van der Waals surface area contributed by atoms with Gasteiger partial charge in [0.1, 0.15) is 12.4 Å². The van der Waals surface area contributed by atoms with Gasteiger partial charge in [-0.05, 0) is 16.7 Å². The third kappa shape index (κ3) is 3.72. The molecule has 8 heteroatoms. The lowest BCUT2D eigenvalue weighted by molar-refractivity contribution is -0.385. The Kier molecular flexibility index (Phi) is 4.33. The Labute approximate surface area is 132 Å². The minimum absolute atomic E-state index is 0.0721. The zero-order valence-electron chi connectivity index (χ0n) is 12.5. The van der Waals surface area contributed by atoms with Gasteiger partial charge in [-0.1, -0.05) is 18.2 Å². The third-order valence-electron chi connectivity index (χ3n) is 3.79. The molecule has 2 N–H and O–H groups in total. The van der Waals surface area contributed by atoms with Crippen molar-refractivity contribution in [3.05, 3.63) is 57.4 Å². The minimum atomic E-state index is -0.508. The van der Waals surface area contributed by atoms with E-state index >= 15 is 0 Å². The average Bonchev–Trinajstić information content (AvgIpc) is 3.19. The van der Waals surface area contributed by atoms with Gasteiger partial charge in [0, 0.05) is 32.6 Å². The molecule has 2 aromatic rings. The van der Waals surface area contributed by atoms with E-state index in [0.29, 0.717) is 13.1 Å². The van der Waals surface area contributed by atoms with Crippen molar-refractivity contribution in [2.45, 2.75) is 32.6 Å². The molecule has 1 aromatic carbocycles. The van der Waals surface area contributed by atoms with Crippen molar-refractivity contribution in [1.29, 1.82) is 0 Å². The summed E-state index contributed by atoms with van der Waals surface area (Å²) in [6.07, 6.45) is 2.72. The lowest BCUT2D eigenvalue weighted by Gasteiger charge is -2.07. The summed E-state index contributed by atoms with van der Waals surface area (Å²) in [6, 6.07) is 6.20. The first-order valence-corrected chi connectivity index (χ1v) is 7.37. The summed E-state index contributed by atoms with van der Waals surface area (Å²) in [5.74, 6) is -0.109. The van der Waals surface area contributed by atoms with Crippen LogP contribution in [0.2, 0.25) is 0 Å². The van der Waals surface area contributed by atoms with E-state index in [9.17, 15) is 14.9 Å². The number of nitrogens with one attached hydrogen (secondary N) is 2. The van der Waals surface area contributed by atoms with E-state index < -0.39 is 4.92 Å². The summed E-state index contributed by atoms with van der Waals surface area (Å²) in [5, 5.41) is 20.6. The Bertz CT molecular complexity index is 740. The molecule has 8 nitrogen and oxygen atoms in total. The van der Waals surface area contributed by atoms with Crippen LogP contribution in [0.3, 0.4) is 0 Å². The Balaban J connectivity index is 1.46. The van der Waals surface area contributed by atoms with Gasteiger partial charge in [0.25, 0.3) is 0 Å². The van der Waals surface area contributed by atoms with E-state index in [1.807, 2.05) is 6.07 Å². The normalized spacial score (nSPS) is 12.9. The molecule has 0 bridgehead atoms. The first-order chi connectivity index (χ1) is 11.1. The number of hydrogen-bond acceptors (Lipinski definition) is 5. The van der Waals surface area contributed by atoms with Gasteiger partial charge in [-0.25, -0.2) is 0 Å². The quantitative estimate of drug-likeness (QED) is 0.614. The smallest absolute Gasteiger partial charge is 0.306 e. The SMILES string of the molecule is O=C(CCn1cc([N+](=O)[O-])cn1)NCc1ccc2c(c1)CNC2. The van der Waals surface area contributed by atoms with E-state index in [0.717, 1.165) is 18.7 Å². The van der Waals surface area contributed by atoms with E-state index in [2.05, 4.69) is 27.9 Å². The minimum Gasteiger partial charge on any atom is -0.352 e. The molecule has 1 amide bonds. The van der Waals surface area contributed by atoms with Crippen molar-refractivity contribution in [1.82, 2.24) is 20.4 Å². The summed E-state index contributed by atoms with van der Waals surface area (Å²) < 4.78 is 1.40. The molecule has 0 saturated heterocycles. The number of hydrogen-bond donors (Lipinski definition) is 2. The molecule has 0 spiro atoms. The Hall–Kier alpha value is -2.74. The monoisotopic (exact) mass is 315 g/mol. The molecule has 23 heavy (non-hydrogen) atoms. The molecule has 2 heterocycles. The van der Waals surface area contributed by atoms with Crippen molar-refractivity contribution >= 4 is 11.6 Å².